The van der Waals surface area contributed by atoms with Crippen LogP contribution in [0.5, 0.6) is 0 Å². The molecule has 1 aromatic carbocycles. The van der Waals surface area contributed by atoms with Gasteiger partial charge in [0.15, 0.2) is 0 Å². The number of anilines is 1. The standard InChI is InChI=1S/C25H31N5O/c1-19-9-11-29-18-22(26-24(29)16-19)25(31)30-10-5-7-21(17-30)27-12-14-28(15-13-27)23-8-4-3-6-20(23)2/h3-4,6,8-9,11,16,18,21H,5,7,10,12-15,17H2,1-2H3/t21-/m0/s1. The molecule has 2 aromatic heterocycles. The Bertz CT molecular complexity index is 1080. The highest BCUT2D eigenvalue weighted by molar-refractivity contribution is 5.93. The van der Waals surface area contributed by atoms with Gasteiger partial charge in [-0.2, -0.15) is 0 Å². The van der Waals surface area contributed by atoms with E-state index in [-0.39, 0.29) is 5.91 Å². The number of carbonyl (C=O) groups is 1. The average molecular weight is 418 g/mol. The molecule has 4 heterocycles. The third kappa shape index (κ3) is 4.04. The molecule has 1 amide bonds. The Kier molecular flexibility index (Phi) is 5.40. The van der Waals surface area contributed by atoms with Gasteiger partial charge in [-0.15, -0.1) is 0 Å². The number of piperidine rings is 1. The van der Waals surface area contributed by atoms with Gasteiger partial charge in [0.25, 0.3) is 5.91 Å². The molecule has 2 aliphatic rings. The van der Waals surface area contributed by atoms with Crippen molar-refractivity contribution < 1.29 is 4.79 Å². The number of imidazole rings is 1. The molecule has 0 radical (unpaired) electrons. The van der Waals surface area contributed by atoms with Gasteiger partial charge in [-0.3, -0.25) is 9.69 Å². The summed E-state index contributed by atoms with van der Waals surface area (Å²) in [6.45, 7) is 10.0. The van der Waals surface area contributed by atoms with Crippen molar-refractivity contribution in [1.82, 2.24) is 19.2 Å². The summed E-state index contributed by atoms with van der Waals surface area (Å²) in [7, 11) is 0. The van der Waals surface area contributed by atoms with Crippen molar-refractivity contribution in [2.75, 3.05) is 44.2 Å². The van der Waals surface area contributed by atoms with E-state index in [2.05, 4.69) is 46.0 Å². The first-order valence-electron chi connectivity index (χ1n) is 11.4. The lowest BCUT2D eigenvalue weighted by molar-refractivity contribution is 0.0559. The quantitative estimate of drug-likeness (QED) is 0.655. The van der Waals surface area contributed by atoms with E-state index in [1.165, 1.54) is 17.7 Å². The minimum atomic E-state index is 0.0598. The number of fused-ring (bicyclic) bond motifs is 1. The van der Waals surface area contributed by atoms with E-state index >= 15 is 0 Å². The number of piperazine rings is 1. The van der Waals surface area contributed by atoms with Crippen molar-refractivity contribution in [2.45, 2.75) is 32.7 Å². The molecule has 2 saturated heterocycles. The van der Waals surface area contributed by atoms with Gasteiger partial charge >= 0.3 is 0 Å². The Hall–Kier alpha value is -2.86. The Labute approximate surface area is 184 Å². The minimum Gasteiger partial charge on any atom is -0.369 e. The number of pyridine rings is 1. The van der Waals surface area contributed by atoms with E-state index in [1.54, 1.807) is 0 Å². The lowest BCUT2D eigenvalue weighted by Gasteiger charge is -2.44. The van der Waals surface area contributed by atoms with Crippen molar-refractivity contribution >= 4 is 17.2 Å². The normalized spacial score (nSPS) is 20.4. The van der Waals surface area contributed by atoms with Crippen LogP contribution in [0.2, 0.25) is 0 Å². The average Bonchev–Trinajstić information content (AvgIpc) is 3.22. The third-order valence-electron chi connectivity index (χ3n) is 6.81. The fourth-order valence-electron chi connectivity index (χ4n) is 5.03. The largest absolute Gasteiger partial charge is 0.369 e. The van der Waals surface area contributed by atoms with Crippen molar-refractivity contribution in [2.24, 2.45) is 0 Å². The monoisotopic (exact) mass is 417 g/mol. The lowest BCUT2D eigenvalue weighted by Crippen LogP contribution is -2.56. The van der Waals surface area contributed by atoms with Crippen molar-refractivity contribution in [3.05, 3.63) is 65.6 Å². The van der Waals surface area contributed by atoms with Crippen molar-refractivity contribution in [3.63, 3.8) is 0 Å². The molecule has 2 fully saturated rings. The molecule has 3 aromatic rings. The molecular weight excluding hydrogens is 386 g/mol. The fraction of sp³-hybridized carbons (Fsp3) is 0.440. The molecule has 0 bridgehead atoms. The van der Waals surface area contributed by atoms with Gasteiger partial charge in [0, 0.05) is 63.4 Å². The number of rotatable bonds is 3. The molecule has 0 spiro atoms. The summed E-state index contributed by atoms with van der Waals surface area (Å²) < 4.78 is 1.94. The Balaban J connectivity index is 1.23. The number of likely N-dealkylation sites (tertiary alicyclic amines) is 1. The van der Waals surface area contributed by atoms with E-state index in [9.17, 15) is 4.79 Å². The number of nitrogens with zero attached hydrogens (tertiary/aromatic N) is 5. The van der Waals surface area contributed by atoms with Gasteiger partial charge in [0.05, 0.1) is 0 Å². The molecule has 0 N–H and O–H groups in total. The molecule has 31 heavy (non-hydrogen) atoms. The minimum absolute atomic E-state index is 0.0598. The molecule has 0 aliphatic carbocycles. The maximum atomic E-state index is 13.2. The van der Waals surface area contributed by atoms with Crippen LogP contribution in [-0.2, 0) is 0 Å². The molecule has 1 atom stereocenters. The van der Waals surface area contributed by atoms with Crippen molar-refractivity contribution in [1.29, 1.82) is 0 Å². The predicted octanol–water partition coefficient (Wildman–Crippen LogP) is 3.38. The van der Waals surface area contributed by atoms with E-state index in [0.717, 1.165) is 56.9 Å². The lowest BCUT2D eigenvalue weighted by atomic mass is 10.0. The summed E-state index contributed by atoms with van der Waals surface area (Å²) >= 11 is 0. The second kappa shape index (κ2) is 8.35. The number of carbonyl (C=O) groups excluding carboxylic acids is 1. The number of aryl methyl sites for hydroxylation is 2. The van der Waals surface area contributed by atoms with Gasteiger partial charge < -0.3 is 14.2 Å². The van der Waals surface area contributed by atoms with Crippen LogP contribution < -0.4 is 4.90 Å². The van der Waals surface area contributed by atoms with Crippen molar-refractivity contribution in [3.8, 4) is 0 Å². The van der Waals surface area contributed by atoms with Crippen LogP contribution in [0, 0.1) is 13.8 Å². The maximum Gasteiger partial charge on any atom is 0.274 e. The van der Waals surface area contributed by atoms with Gasteiger partial charge in [-0.05, 0) is 56.0 Å². The number of hydrogen-bond acceptors (Lipinski definition) is 4. The highest BCUT2D eigenvalue weighted by Crippen LogP contribution is 2.24. The first-order chi connectivity index (χ1) is 15.1. The zero-order valence-corrected chi connectivity index (χ0v) is 18.5. The Morgan fingerprint density at radius 3 is 2.65 bits per heavy atom. The van der Waals surface area contributed by atoms with E-state index in [0.29, 0.717) is 11.7 Å². The molecule has 6 heteroatoms. The molecule has 162 valence electrons. The second-order valence-electron chi connectivity index (χ2n) is 8.95. The highest BCUT2D eigenvalue weighted by atomic mass is 16.2. The van der Waals surface area contributed by atoms with Crippen LogP contribution in [-0.4, -0.2) is 70.4 Å². The topological polar surface area (TPSA) is 44.1 Å². The maximum absolute atomic E-state index is 13.2. The fourth-order valence-corrected chi connectivity index (χ4v) is 5.03. The predicted molar refractivity (Wildman–Crippen MR) is 124 cm³/mol. The highest BCUT2D eigenvalue weighted by Gasteiger charge is 2.31. The van der Waals surface area contributed by atoms with Gasteiger partial charge in [-0.1, -0.05) is 18.2 Å². The summed E-state index contributed by atoms with van der Waals surface area (Å²) in [5, 5.41) is 0. The summed E-state index contributed by atoms with van der Waals surface area (Å²) in [6.07, 6.45) is 6.06. The molecule has 5 rings (SSSR count). The number of aromatic nitrogens is 2. The zero-order chi connectivity index (χ0) is 21.4. The van der Waals surface area contributed by atoms with E-state index < -0.39 is 0 Å². The van der Waals surface area contributed by atoms with Gasteiger partial charge in [-0.25, -0.2) is 4.98 Å². The molecular formula is C25H31N5O. The third-order valence-corrected chi connectivity index (χ3v) is 6.81. The van der Waals surface area contributed by atoms with Crippen LogP contribution in [0.3, 0.4) is 0 Å². The van der Waals surface area contributed by atoms with Gasteiger partial charge in [0.1, 0.15) is 11.3 Å². The Morgan fingerprint density at radius 1 is 1.03 bits per heavy atom. The molecule has 0 saturated carbocycles. The number of benzene rings is 1. The van der Waals surface area contributed by atoms with Crippen LogP contribution in [0.1, 0.15) is 34.5 Å². The molecule has 2 aliphatic heterocycles. The number of hydrogen-bond donors (Lipinski definition) is 0. The van der Waals surface area contributed by atoms with E-state index in [1.807, 2.05) is 40.8 Å². The number of para-hydroxylation sites is 1. The van der Waals surface area contributed by atoms with Crippen LogP contribution in [0.4, 0.5) is 5.69 Å². The molecule has 0 unspecified atom stereocenters. The smallest absolute Gasteiger partial charge is 0.274 e. The van der Waals surface area contributed by atoms with Crippen LogP contribution in [0.25, 0.3) is 5.65 Å². The first-order valence-corrected chi connectivity index (χ1v) is 11.4. The SMILES string of the molecule is Cc1ccn2cc(C(=O)N3CCC[C@H](N4CCN(c5ccccc5C)CC4)C3)nc2c1. The summed E-state index contributed by atoms with van der Waals surface area (Å²) in [5.41, 5.74) is 5.23. The summed E-state index contributed by atoms with van der Waals surface area (Å²) in [4.78, 5) is 24.9. The van der Waals surface area contributed by atoms with Crippen LogP contribution in [0.15, 0.2) is 48.8 Å². The summed E-state index contributed by atoms with van der Waals surface area (Å²) in [5.74, 6) is 0.0598. The Morgan fingerprint density at radius 2 is 1.84 bits per heavy atom. The summed E-state index contributed by atoms with van der Waals surface area (Å²) in [6, 6.07) is 13.1. The molecule has 6 nitrogen and oxygen atoms in total. The zero-order valence-electron chi connectivity index (χ0n) is 18.5. The second-order valence-corrected chi connectivity index (χ2v) is 8.95. The van der Waals surface area contributed by atoms with Crippen LogP contribution >= 0.6 is 0 Å². The number of amides is 1. The first kappa shape index (κ1) is 20.1. The van der Waals surface area contributed by atoms with Gasteiger partial charge in [0.2, 0.25) is 0 Å². The van der Waals surface area contributed by atoms with E-state index in [4.69, 9.17) is 0 Å².